The monoisotopic (exact) mass is 187 g/mol. The van der Waals surface area contributed by atoms with E-state index in [9.17, 15) is 0 Å². The summed E-state index contributed by atoms with van der Waals surface area (Å²) in [6.45, 7) is 6.29. The van der Waals surface area contributed by atoms with Crippen molar-refractivity contribution < 1.29 is 0 Å². The molecule has 0 aliphatic rings. The summed E-state index contributed by atoms with van der Waals surface area (Å²) in [5, 5.41) is 0. The third-order valence-electron chi connectivity index (χ3n) is 1.75. The molecular formula is C7H10BrN. The molecule has 50 valence electrons. The fraction of sp³-hybridized carbons (Fsp3) is 0.429. The Morgan fingerprint density at radius 3 is 1.78 bits per heavy atom. The highest BCUT2D eigenvalue weighted by Crippen LogP contribution is 2.20. The molecular weight excluding hydrogens is 178 g/mol. The molecule has 0 radical (unpaired) electrons. The lowest BCUT2D eigenvalue weighted by atomic mass is 10.2. The summed E-state index contributed by atoms with van der Waals surface area (Å²) in [7, 11) is 0. The van der Waals surface area contributed by atoms with Crippen LogP contribution < -0.4 is 0 Å². The summed E-state index contributed by atoms with van der Waals surface area (Å²) < 4.78 is 1.11. The molecule has 0 fully saturated rings. The molecule has 0 aliphatic heterocycles. The average Bonchev–Trinajstić information content (AvgIpc) is 1.98. The van der Waals surface area contributed by atoms with Gasteiger partial charge < -0.3 is 4.98 Å². The Hall–Kier alpha value is -0.240. The van der Waals surface area contributed by atoms with E-state index in [1.807, 2.05) is 0 Å². The van der Waals surface area contributed by atoms with Gasteiger partial charge in [0.1, 0.15) is 0 Å². The van der Waals surface area contributed by atoms with Crippen LogP contribution in [0.2, 0.25) is 0 Å². The second-order valence-corrected chi connectivity index (χ2v) is 3.11. The Morgan fingerprint density at radius 1 is 1.11 bits per heavy atom. The van der Waals surface area contributed by atoms with Crippen molar-refractivity contribution in [2.75, 3.05) is 0 Å². The van der Waals surface area contributed by atoms with Crippen molar-refractivity contribution in [1.29, 1.82) is 0 Å². The van der Waals surface area contributed by atoms with Crippen molar-refractivity contribution >= 4 is 15.9 Å². The summed E-state index contributed by atoms with van der Waals surface area (Å²) in [6, 6.07) is 0. The molecule has 0 amide bonds. The zero-order valence-electron chi connectivity index (χ0n) is 5.88. The van der Waals surface area contributed by atoms with Crippen LogP contribution in [0, 0.1) is 20.8 Å². The number of aryl methyl sites for hydroxylation is 1. The highest BCUT2D eigenvalue weighted by molar-refractivity contribution is 9.10. The van der Waals surface area contributed by atoms with Crippen LogP contribution in [0.15, 0.2) is 4.60 Å². The first kappa shape index (κ1) is 6.87. The Balaban J connectivity index is 3.29. The van der Waals surface area contributed by atoms with Gasteiger partial charge >= 0.3 is 0 Å². The van der Waals surface area contributed by atoms with Gasteiger partial charge in [-0.25, -0.2) is 0 Å². The fourth-order valence-electron chi connectivity index (χ4n) is 0.798. The number of hydrogen-bond acceptors (Lipinski definition) is 0. The summed E-state index contributed by atoms with van der Waals surface area (Å²) in [5.41, 5.74) is 3.91. The normalized spacial score (nSPS) is 10.2. The molecule has 2 heteroatoms. The van der Waals surface area contributed by atoms with Gasteiger partial charge in [0.05, 0.1) is 4.60 Å². The van der Waals surface area contributed by atoms with Crippen LogP contribution in [0.1, 0.15) is 16.8 Å². The van der Waals surface area contributed by atoms with E-state index in [0.29, 0.717) is 0 Å². The molecule has 1 aromatic rings. The Morgan fingerprint density at radius 2 is 1.67 bits per heavy atom. The van der Waals surface area contributed by atoms with Gasteiger partial charge in [-0.1, -0.05) is 0 Å². The molecule has 0 saturated carbocycles. The van der Waals surface area contributed by atoms with Crippen LogP contribution in [0.4, 0.5) is 0 Å². The Bertz CT molecular complexity index is 203. The fourth-order valence-corrected chi connectivity index (χ4v) is 1.39. The SMILES string of the molecule is Cc1[nH]c(Br)c(C)c1C. The van der Waals surface area contributed by atoms with Gasteiger partial charge in [0.25, 0.3) is 0 Å². The summed E-state index contributed by atoms with van der Waals surface area (Å²) >= 11 is 3.41. The molecule has 1 rings (SSSR count). The quantitative estimate of drug-likeness (QED) is 0.644. The minimum Gasteiger partial charge on any atom is -0.353 e. The van der Waals surface area contributed by atoms with Crippen molar-refractivity contribution in [3.8, 4) is 0 Å². The molecule has 1 nitrogen and oxygen atoms in total. The number of nitrogens with one attached hydrogen (secondary N) is 1. The van der Waals surface area contributed by atoms with Crippen molar-refractivity contribution in [3.05, 3.63) is 21.4 Å². The molecule has 1 N–H and O–H groups in total. The highest BCUT2D eigenvalue weighted by Gasteiger charge is 2.02. The summed E-state index contributed by atoms with van der Waals surface area (Å²) in [5.74, 6) is 0. The first-order chi connectivity index (χ1) is 4.13. The highest BCUT2D eigenvalue weighted by atomic mass is 79.9. The summed E-state index contributed by atoms with van der Waals surface area (Å²) in [6.07, 6.45) is 0. The van der Waals surface area contributed by atoms with E-state index in [0.717, 1.165) is 4.60 Å². The topological polar surface area (TPSA) is 15.8 Å². The second-order valence-electron chi connectivity index (χ2n) is 2.31. The van der Waals surface area contributed by atoms with Gasteiger partial charge in [-0.2, -0.15) is 0 Å². The molecule has 0 spiro atoms. The smallest absolute Gasteiger partial charge is 0.0854 e. The minimum absolute atomic E-state index is 1.11. The molecule has 1 heterocycles. The van der Waals surface area contributed by atoms with Crippen LogP contribution in [0.3, 0.4) is 0 Å². The van der Waals surface area contributed by atoms with Crippen molar-refractivity contribution in [2.45, 2.75) is 20.8 Å². The first-order valence-corrected chi connectivity index (χ1v) is 3.73. The molecule has 0 atom stereocenters. The molecule has 1 aromatic heterocycles. The van der Waals surface area contributed by atoms with E-state index in [1.165, 1.54) is 16.8 Å². The van der Waals surface area contributed by atoms with Gasteiger partial charge in [0.2, 0.25) is 0 Å². The number of H-pyrrole nitrogens is 1. The standard InChI is InChI=1S/C7H10BrN/c1-4-5(2)7(8)9-6(4)3/h9H,1-3H3. The van der Waals surface area contributed by atoms with Crippen molar-refractivity contribution in [3.63, 3.8) is 0 Å². The van der Waals surface area contributed by atoms with Crippen molar-refractivity contribution in [2.24, 2.45) is 0 Å². The van der Waals surface area contributed by atoms with Crippen LogP contribution in [-0.4, -0.2) is 4.98 Å². The predicted molar refractivity (Wildman–Crippen MR) is 42.7 cm³/mol. The number of halogens is 1. The summed E-state index contributed by atoms with van der Waals surface area (Å²) in [4.78, 5) is 3.19. The maximum Gasteiger partial charge on any atom is 0.0854 e. The zero-order chi connectivity index (χ0) is 7.02. The maximum atomic E-state index is 3.41. The van der Waals surface area contributed by atoms with Crippen LogP contribution in [0.25, 0.3) is 0 Å². The second kappa shape index (κ2) is 2.18. The molecule has 9 heavy (non-hydrogen) atoms. The van der Waals surface area contributed by atoms with Gasteiger partial charge in [-0.05, 0) is 47.8 Å². The number of aromatic nitrogens is 1. The third-order valence-corrected chi connectivity index (χ3v) is 2.54. The van der Waals surface area contributed by atoms with Gasteiger partial charge in [-0.15, -0.1) is 0 Å². The van der Waals surface area contributed by atoms with E-state index in [-0.39, 0.29) is 0 Å². The zero-order valence-corrected chi connectivity index (χ0v) is 7.46. The molecule has 0 aliphatic carbocycles. The van der Waals surface area contributed by atoms with Gasteiger partial charge in [-0.3, -0.25) is 0 Å². The van der Waals surface area contributed by atoms with Gasteiger partial charge in [0, 0.05) is 5.69 Å². The third kappa shape index (κ3) is 1.04. The number of rotatable bonds is 0. The predicted octanol–water partition coefficient (Wildman–Crippen LogP) is 2.70. The molecule has 0 unspecified atom stereocenters. The number of aromatic amines is 1. The number of hydrogen-bond donors (Lipinski definition) is 1. The van der Waals surface area contributed by atoms with E-state index in [1.54, 1.807) is 0 Å². The van der Waals surface area contributed by atoms with E-state index >= 15 is 0 Å². The molecule has 0 bridgehead atoms. The average molecular weight is 188 g/mol. The lowest BCUT2D eigenvalue weighted by molar-refractivity contribution is 1.21. The van der Waals surface area contributed by atoms with E-state index < -0.39 is 0 Å². The Labute approximate surface area is 63.6 Å². The Kier molecular flexibility index (Phi) is 1.66. The lowest BCUT2D eigenvalue weighted by Gasteiger charge is -1.87. The van der Waals surface area contributed by atoms with E-state index in [2.05, 4.69) is 41.7 Å². The lowest BCUT2D eigenvalue weighted by Crippen LogP contribution is -1.73. The maximum absolute atomic E-state index is 3.41. The molecule has 0 aromatic carbocycles. The van der Waals surface area contributed by atoms with Crippen LogP contribution in [0.5, 0.6) is 0 Å². The van der Waals surface area contributed by atoms with Crippen molar-refractivity contribution in [1.82, 2.24) is 4.98 Å². The molecule has 0 saturated heterocycles. The van der Waals surface area contributed by atoms with Crippen LogP contribution >= 0.6 is 15.9 Å². The minimum atomic E-state index is 1.11. The largest absolute Gasteiger partial charge is 0.353 e. The first-order valence-electron chi connectivity index (χ1n) is 2.94. The van der Waals surface area contributed by atoms with E-state index in [4.69, 9.17) is 0 Å². The van der Waals surface area contributed by atoms with Crippen LogP contribution in [-0.2, 0) is 0 Å². The van der Waals surface area contributed by atoms with Gasteiger partial charge in [0.15, 0.2) is 0 Å².